The van der Waals surface area contributed by atoms with Gasteiger partial charge in [0, 0.05) is 6.54 Å². The molecule has 0 bridgehead atoms. The van der Waals surface area contributed by atoms with E-state index in [1.54, 1.807) is 24.3 Å². The van der Waals surface area contributed by atoms with Crippen LogP contribution in [0.2, 0.25) is 0 Å². The number of aryl methyl sites for hydroxylation is 1. The Balaban J connectivity index is 1.85. The van der Waals surface area contributed by atoms with E-state index in [9.17, 15) is 8.42 Å². The first-order valence-electron chi connectivity index (χ1n) is 7.94. The standard InChI is InChI=1S/C17H19N3O3S2/c1-3-10-20(25(21,22)14-8-6-13(2)7-9-14)12-16-18-19-17(23-16)15-5-4-11-24-15/h4-9,11H,3,10,12H2,1-2H3. The Morgan fingerprint density at radius 2 is 1.92 bits per heavy atom. The summed E-state index contributed by atoms with van der Waals surface area (Å²) < 4.78 is 32.8. The highest BCUT2D eigenvalue weighted by Crippen LogP contribution is 2.24. The van der Waals surface area contributed by atoms with E-state index in [0.29, 0.717) is 18.9 Å². The van der Waals surface area contributed by atoms with Crippen LogP contribution >= 0.6 is 11.3 Å². The van der Waals surface area contributed by atoms with Crippen LogP contribution in [0, 0.1) is 6.92 Å². The van der Waals surface area contributed by atoms with E-state index in [2.05, 4.69) is 10.2 Å². The first kappa shape index (κ1) is 17.8. The average molecular weight is 377 g/mol. The second-order valence-corrected chi connectivity index (χ2v) is 8.52. The maximum atomic E-state index is 12.9. The van der Waals surface area contributed by atoms with E-state index in [4.69, 9.17) is 4.42 Å². The van der Waals surface area contributed by atoms with Gasteiger partial charge in [-0.15, -0.1) is 21.5 Å². The fraction of sp³-hybridized carbons (Fsp3) is 0.294. The van der Waals surface area contributed by atoms with Gasteiger partial charge in [0.25, 0.3) is 5.89 Å². The van der Waals surface area contributed by atoms with Crippen molar-refractivity contribution in [3.8, 4) is 10.8 Å². The minimum Gasteiger partial charge on any atom is -0.418 e. The van der Waals surface area contributed by atoms with E-state index in [0.717, 1.165) is 10.4 Å². The molecule has 0 saturated heterocycles. The molecule has 0 saturated carbocycles. The van der Waals surface area contributed by atoms with E-state index < -0.39 is 10.0 Å². The van der Waals surface area contributed by atoms with E-state index in [1.807, 2.05) is 31.4 Å². The lowest BCUT2D eigenvalue weighted by molar-refractivity contribution is 0.357. The SMILES string of the molecule is CCCN(Cc1nnc(-c2cccs2)o1)S(=O)(=O)c1ccc(C)cc1. The molecule has 2 aromatic heterocycles. The van der Waals surface area contributed by atoms with Crippen molar-refractivity contribution in [1.29, 1.82) is 0 Å². The Hall–Kier alpha value is -2.03. The Morgan fingerprint density at radius 3 is 2.56 bits per heavy atom. The molecule has 0 spiro atoms. The highest BCUT2D eigenvalue weighted by Gasteiger charge is 2.26. The zero-order valence-corrected chi connectivity index (χ0v) is 15.7. The van der Waals surface area contributed by atoms with Crippen LogP contribution in [-0.4, -0.2) is 29.5 Å². The van der Waals surface area contributed by atoms with Crippen LogP contribution in [0.25, 0.3) is 10.8 Å². The molecular formula is C17H19N3O3S2. The fourth-order valence-corrected chi connectivity index (χ4v) is 4.49. The van der Waals surface area contributed by atoms with Gasteiger partial charge in [0.15, 0.2) is 0 Å². The molecule has 2 heterocycles. The van der Waals surface area contributed by atoms with Gasteiger partial charge in [-0.2, -0.15) is 4.31 Å². The van der Waals surface area contributed by atoms with Gasteiger partial charge in [-0.3, -0.25) is 0 Å². The predicted octanol–water partition coefficient (Wildman–Crippen LogP) is 3.71. The molecule has 25 heavy (non-hydrogen) atoms. The van der Waals surface area contributed by atoms with Crippen LogP contribution in [0.5, 0.6) is 0 Å². The number of hydrogen-bond donors (Lipinski definition) is 0. The maximum absolute atomic E-state index is 12.9. The lowest BCUT2D eigenvalue weighted by Crippen LogP contribution is -2.31. The number of nitrogens with zero attached hydrogens (tertiary/aromatic N) is 3. The third kappa shape index (κ3) is 3.97. The van der Waals surface area contributed by atoms with Gasteiger partial charge < -0.3 is 4.42 Å². The zero-order valence-electron chi connectivity index (χ0n) is 14.0. The molecular weight excluding hydrogens is 358 g/mol. The number of benzene rings is 1. The van der Waals surface area contributed by atoms with Gasteiger partial charge in [0.1, 0.15) is 0 Å². The zero-order chi connectivity index (χ0) is 17.9. The molecule has 0 radical (unpaired) electrons. The fourth-order valence-electron chi connectivity index (χ4n) is 2.36. The monoisotopic (exact) mass is 377 g/mol. The summed E-state index contributed by atoms with van der Waals surface area (Å²) in [4.78, 5) is 1.13. The average Bonchev–Trinajstić information content (AvgIpc) is 3.26. The number of sulfonamides is 1. The number of hydrogen-bond acceptors (Lipinski definition) is 6. The van der Waals surface area contributed by atoms with Crippen LogP contribution in [0.4, 0.5) is 0 Å². The molecule has 0 aliphatic carbocycles. The van der Waals surface area contributed by atoms with Crippen molar-refractivity contribution in [2.75, 3.05) is 6.54 Å². The number of aromatic nitrogens is 2. The van der Waals surface area contributed by atoms with E-state index in [1.165, 1.54) is 15.6 Å². The number of thiophene rings is 1. The molecule has 1 aromatic carbocycles. The van der Waals surface area contributed by atoms with Crippen LogP contribution in [0.3, 0.4) is 0 Å². The summed E-state index contributed by atoms with van der Waals surface area (Å²) in [6.45, 7) is 4.29. The van der Waals surface area contributed by atoms with Crippen LogP contribution in [0.1, 0.15) is 24.8 Å². The van der Waals surface area contributed by atoms with Crippen LogP contribution in [0.15, 0.2) is 51.1 Å². The smallest absolute Gasteiger partial charge is 0.257 e. The Bertz CT molecular complexity index is 916. The van der Waals surface area contributed by atoms with Gasteiger partial charge in [0.2, 0.25) is 15.9 Å². The van der Waals surface area contributed by atoms with Gasteiger partial charge in [-0.1, -0.05) is 30.7 Å². The van der Waals surface area contributed by atoms with Crippen LogP contribution in [-0.2, 0) is 16.6 Å². The summed E-state index contributed by atoms with van der Waals surface area (Å²) in [6, 6.07) is 10.6. The highest BCUT2D eigenvalue weighted by molar-refractivity contribution is 7.89. The molecule has 0 aliphatic heterocycles. The highest BCUT2D eigenvalue weighted by atomic mass is 32.2. The van der Waals surface area contributed by atoms with Crippen molar-refractivity contribution >= 4 is 21.4 Å². The van der Waals surface area contributed by atoms with Crippen molar-refractivity contribution in [1.82, 2.24) is 14.5 Å². The first-order chi connectivity index (χ1) is 12.0. The Morgan fingerprint density at radius 1 is 1.16 bits per heavy atom. The minimum absolute atomic E-state index is 0.0580. The summed E-state index contributed by atoms with van der Waals surface area (Å²) in [6.07, 6.45) is 0.691. The predicted molar refractivity (Wildman–Crippen MR) is 96.7 cm³/mol. The van der Waals surface area contributed by atoms with Gasteiger partial charge in [-0.05, 0) is 36.9 Å². The van der Waals surface area contributed by atoms with Gasteiger partial charge in [-0.25, -0.2) is 8.42 Å². The lowest BCUT2D eigenvalue weighted by Gasteiger charge is -2.20. The summed E-state index contributed by atoms with van der Waals surface area (Å²) in [5.41, 5.74) is 1.01. The summed E-state index contributed by atoms with van der Waals surface area (Å²) in [5, 5.41) is 9.93. The van der Waals surface area contributed by atoms with E-state index in [-0.39, 0.29) is 17.3 Å². The van der Waals surface area contributed by atoms with Gasteiger partial charge in [0.05, 0.1) is 16.3 Å². The van der Waals surface area contributed by atoms with Crippen molar-refractivity contribution in [2.24, 2.45) is 0 Å². The molecule has 0 N–H and O–H groups in total. The Labute approximate surface area is 151 Å². The second-order valence-electron chi connectivity index (χ2n) is 5.63. The largest absolute Gasteiger partial charge is 0.418 e. The molecule has 0 atom stereocenters. The molecule has 3 rings (SSSR count). The lowest BCUT2D eigenvalue weighted by atomic mass is 10.2. The van der Waals surface area contributed by atoms with Crippen molar-refractivity contribution in [3.63, 3.8) is 0 Å². The van der Waals surface area contributed by atoms with Gasteiger partial charge >= 0.3 is 0 Å². The van der Waals surface area contributed by atoms with Crippen molar-refractivity contribution in [3.05, 3.63) is 53.2 Å². The summed E-state index contributed by atoms with van der Waals surface area (Å²) >= 11 is 1.49. The third-order valence-electron chi connectivity index (χ3n) is 3.64. The normalized spacial score (nSPS) is 12.0. The summed E-state index contributed by atoms with van der Waals surface area (Å²) in [5.74, 6) is 0.696. The molecule has 6 nitrogen and oxygen atoms in total. The summed E-state index contributed by atoms with van der Waals surface area (Å²) in [7, 11) is -3.61. The van der Waals surface area contributed by atoms with E-state index >= 15 is 0 Å². The van der Waals surface area contributed by atoms with Crippen molar-refractivity contribution < 1.29 is 12.8 Å². The molecule has 8 heteroatoms. The third-order valence-corrected chi connectivity index (χ3v) is 6.36. The molecule has 0 fully saturated rings. The quantitative estimate of drug-likeness (QED) is 0.627. The molecule has 0 amide bonds. The Kier molecular flexibility index (Phi) is 5.31. The number of rotatable bonds is 7. The molecule has 0 aliphatic rings. The molecule has 132 valence electrons. The molecule has 3 aromatic rings. The van der Waals surface area contributed by atoms with Crippen LogP contribution < -0.4 is 0 Å². The first-order valence-corrected chi connectivity index (χ1v) is 10.3. The minimum atomic E-state index is -3.61. The molecule has 0 unspecified atom stereocenters. The topological polar surface area (TPSA) is 76.3 Å². The maximum Gasteiger partial charge on any atom is 0.257 e. The second kappa shape index (κ2) is 7.47. The van der Waals surface area contributed by atoms with Crippen molar-refractivity contribution in [2.45, 2.75) is 31.7 Å².